The van der Waals surface area contributed by atoms with Crippen LogP contribution >= 0.6 is 0 Å². The van der Waals surface area contributed by atoms with E-state index < -0.39 is 0 Å². The second kappa shape index (κ2) is 7.25. The summed E-state index contributed by atoms with van der Waals surface area (Å²) in [6.07, 6.45) is 4.42. The number of rotatable bonds is 4. The zero-order chi connectivity index (χ0) is 17.9. The Bertz CT molecular complexity index is 911. The van der Waals surface area contributed by atoms with E-state index >= 15 is 0 Å². The Morgan fingerprint density at radius 3 is 2.58 bits per heavy atom. The summed E-state index contributed by atoms with van der Waals surface area (Å²) in [5.74, 6) is 1.67. The fourth-order valence-corrected chi connectivity index (χ4v) is 3.35. The summed E-state index contributed by atoms with van der Waals surface area (Å²) < 4.78 is 5.33. The quantitative estimate of drug-likeness (QED) is 0.721. The van der Waals surface area contributed by atoms with Crippen LogP contribution in [0.5, 0.6) is 0 Å². The Hall–Kier alpha value is -2.73. The van der Waals surface area contributed by atoms with Gasteiger partial charge in [0.25, 0.3) is 5.71 Å². The monoisotopic (exact) mass is 349 g/mol. The number of anilines is 1. The molecule has 1 fully saturated rings. The molecule has 2 aromatic heterocycles. The standard InChI is InChI=1S/C20H23N5O/c1-15-18-19(21-16(2)22-20(18)26-23-15)25-13-11-24(12-14-25)10-6-9-17-7-4-3-5-8-17/h3-9H,10-14H2,1-2H3. The van der Waals surface area contributed by atoms with Gasteiger partial charge in [0.1, 0.15) is 17.0 Å². The van der Waals surface area contributed by atoms with Crippen LogP contribution in [0.15, 0.2) is 40.9 Å². The first kappa shape index (κ1) is 16.7. The molecule has 26 heavy (non-hydrogen) atoms. The van der Waals surface area contributed by atoms with Gasteiger partial charge in [-0.05, 0) is 19.4 Å². The van der Waals surface area contributed by atoms with E-state index in [-0.39, 0.29) is 0 Å². The number of fused-ring (bicyclic) bond motifs is 1. The number of benzene rings is 1. The van der Waals surface area contributed by atoms with Gasteiger partial charge in [-0.1, -0.05) is 47.6 Å². The van der Waals surface area contributed by atoms with Crippen molar-refractivity contribution in [3.8, 4) is 0 Å². The molecule has 0 atom stereocenters. The second-order valence-electron chi connectivity index (χ2n) is 6.64. The van der Waals surface area contributed by atoms with Gasteiger partial charge in [-0.25, -0.2) is 4.98 Å². The van der Waals surface area contributed by atoms with E-state index in [1.54, 1.807) is 0 Å². The molecule has 0 aliphatic carbocycles. The van der Waals surface area contributed by atoms with E-state index in [1.165, 1.54) is 5.56 Å². The lowest BCUT2D eigenvalue weighted by Crippen LogP contribution is -2.46. The Morgan fingerprint density at radius 2 is 1.81 bits per heavy atom. The lowest BCUT2D eigenvalue weighted by Gasteiger charge is -2.35. The third-order valence-electron chi connectivity index (χ3n) is 4.74. The first-order chi connectivity index (χ1) is 12.7. The van der Waals surface area contributed by atoms with Crippen LogP contribution in [-0.4, -0.2) is 52.7 Å². The zero-order valence-electron chi connectivity index (χ0n) is 15.2. The van der Waals surface area contributed by atoms with Gasteiger partial charge in [-0.3, -0.25) is 4.90 Å². The van der Waals surface area contributed by atoms with E-state index in [2.05, 4.69) is 61.3 Å². The smallest absolute Gasteiger partial charge is 0.263 e. The fourth-order valence-electron chi connectivity index (χ4n) is 3.35. The van der Waals surface area contributed by atoms with Gasteiger partial charge in [0.2, 0.25) is 0 Å². The van der Waals surface area contributed by atoms with Crippen molar-refractivity contribution in [1.82, 2.24) is 20.0 Å². The molecule has 1 aliphatic rings. The Morgan fingerprint density at radius 1 is 1.04 bits per heavy atom. The van der Waals surface area contributed by atoms with Gasteiger partial charge in [-0.15, -0.1) is 0 Å². The third-order valence-corrected chi connectivity index (χ3v) is 4.74. The number of hydrogen-bond acceptors (Lipinski definition) is 6. The molecular formula is C20H23N5O. The average molecular weight is 349 g/mol. The Labute approximate surface area is 153 Å². The van der Waals surface area contributed by atoms with Crippen LogP contribution in [0.4, 0.5) is 5.82 Å². The molecule has 134 valence electrons. The van der Waals surface area contributed by atoms with Crippen molar-refractivity contribution < 1.29 is 4.52 Å². The SMILES string of the molecule is Cc1nc(N2CCN(CC=Cc3ccccc3)CC2)c2c(C)noc2n1. The van der Waals surface area contributed by atoms with E-state index in [9.17, 15) is 0 Å². The third kappa shape index (κ3) is 3.46. The van der Waals surface area contributed by atoms with Crippen molar-refractivity contribution in [2.24, 2.45) is 0 Å². The summed E-state index contributed by atoms with van der Waals surface area (Å²) in [5.41, 5.74) is 2.68. The van der Waals surface area contributed by atoms with Crippen LogP contribution in [0.1, 0.15) is 17.1 Å². The maximum Gasteiger partial charge on any atom is 0.263 e. The van der Waals surface area contributed by atoms with Gasteiger partial charge in [-0.2, -0.15) is 4.98 Å². The summed E-state index contributed by atoms with van der Waals surface area (Å²) >= 11 is 0. The molecule has 1 saturated heterocycles. The van der Waals surface area contributed by atoms with Crippen LogP contribution in [0, 0.1) is 13.8 Å². The van der Waals surface area contributed by atoms with Crippen LogP contribution < -0.4 is 4.90 Å². The van der Waals surface area contributed by atoms with Gasteiger partial charge >= 0.3 is 0 Å². The lowest BCUT2D eigenvalue weighted by atomic mass is 10.2. The Kier molecular flexibility index (Phi) is 4.67. The molecule has 6 nitrogen and oxygen atoms in total. The largest absolute Gasteiger partial charge is 0.353 e. The molecular weight excluding hydrogens is 326 g/mol. The highest BCUT2D eigenvalue weighted by Gasteiger charge is 2.22. The van der Waals surface area contributed by atoms with Crippen LogP contribution in [0.2, 0.25) is 0 Å². The van der Waals surface area contributed by atoms with E-state index in [1.807, 2.05) is 19.9 Å². The van der Waals surface area contributed by atoms with Crippen LogP contribution in [-0.2, 0) is 0 Å². The highest BCUT2D eigenvalue weighted by atomic mass is 16.5. The predicted octanol–water partition coefficient (Wildman–Crippen LogP) is 3.07. The summed E-state index contributed by atoms with van der Waals surface area (Å²) in [5, 5.41) is 4.99. The van der Waals surface area contributed by atoms with Crippen LogP contribution in [0.3, 0.4) is 0 Å². The number of piperazine rings is 1. The minimum absolute atomic E-state index is 0.582. The summed E-state index contributed by atoms with van der Waals surface area (Å²) in [7, 11) is 0. The van der Waals surface area contributed by atoms with Gasteiger partial charge in [0.05, 0.1) is 5.69 Å². The van der Waals surface area contributed by atoms with Gasteiger partial charge in [0, 0.05) is 32.7 Å². The van der Waals surface area contributed by atoms with E-state index in [4.69, 9.17) is 4.52 Å². The molecule has 1 aromatic carbocycles. The molecule has 0 bridgehead atoms. The molecule has 0 N–H and O–H groups in total. The number of hydrogen-bond donors (Lipinski definition) is 0. The minimum Gasteiger partial charge on any atom is -0.353 e. The number of aromatic nitrogens is 3. The van der Waals surface area contributed by atoms with Crippen molar-refractivity contribution >= 4 is 23.0 Å². The summed E-state index contributed by atoms with van der Waals surface area (Å²) in [4.78, 5) is 13.8. The zero-order valence-corrected chi connectivity index (χ0v) is 15.2. The van der Waals surface area contributed by atoms with Crippen molar-refractivity contribution in [2.45, 2.75) is 13.8 Å². The maximum atomic E-state index is 5.33. The second-order valence-corrected chi connectivity index (χ2v) is 6.64. The van der Waals surface area contributed by atoms with Gasteiger partial charge in [0.15, 0.2) is 0 Å². The predicted molar refractivity (Wildman–Crippen MR) is 103 cm³/mol. The van der Waals surface area contributed by atoms with E-state index in [0.717, 1.165) is 55.4 Å². The highest BCUT2D eigenvalue weighted by Crippen LogP contribution is 2.27. The topological polar surface area (TPSA) is 58.3 Å². The molecule has 4 rings (SSSR count). The first-order valence-electron chi connectivity index (χ1n) is 9.00. The summed E-state index contributed by atoms with van der Waals surface area (Å²) in [6, 6.07) is 10.4. The first-order valence-corrected chi connectivity index (χ1v) is 9.00. The Balaban J connectivity index is 1.41. The van der Waals surface area contributed by atoms with Gasteiger partial charge < -0.3 is 9.42 Å². The summed E-state index contributed by atoms with van der Waals surface area (Å²) in [6.45, 7) is 8.70. The van der Waals surface area contributed by atoms with Crippen molar-refractivity contribution in [2.75, 3.05) is 37.6 Å². The molecule has 0 radical (unpaired) electrons. The van der Waals surface area contributed by atoms with Crippen molar-refractivity contribution in [1.29, 1.82) is 0 Å². The molecule has 1 aliphatic heterocycles. The molecule has 6 heteroatoms. The molecule has 0 saturated carbocycles. The van der Waals surface area contributed by atoms with Crippen molar-refractivity contribution in [3.05, 3.63) is 53.5 Å². The van der Waals surface area contributed by atoms with Crippen molar-refractivity contribution in [3.63, 3.8) is 0 Å². The van der Waals surface area contributed by atoms with Crippen LogP contribution in [0.25, 0.3) is 17.2 Å². The average Bonchev–Trinajstić information content (AvgIpc) is 3.03. The molecule has 3 heterocycles. The molecule has 0 unspecified atom stereocenters. The highest BCUT2D eigenvalue weighted by molar-refractivity contribution is 5.88. The minimum atomic E-state index is 0.582. The van der Waals surface area contributed by atoms with E-state index in [0.29, 0.717) is 5.71 Å². The number of aryl methyl sites for hydroxylation is 2. The number of nitrogens with zero attached hydrogens (tertiary/aromatic N) is 5. The normalized spacial score (nSPS) is 16.0. The molecule has 0 amide bonds. The fraction of sp³-hybridized carbons (Fsp3) is 0.350. The maximum absolute atomic E-state index is 5.33. The lowest BCUT2D eigenvalue weighted by molar-refractivity contribution is 0.284. The molecule has 3 aromatic rings. The molecule has 0 spiro atoms.